The number of nitrogens with one attached hydrogen (secondary N) is 1. The molecule has 2 atom stereocenters. The lowest BCUT2D eigenvalue weighted by atomic mass is 9.64. The zero-order valence-electron chi connectivity index (χ0n) is 8.44. The van der Waals surface area contributed by atoms with Crippen molar-refractivity contribution in [1.29, 1.82) is 0 Å². The summed E-state index contributed by atoms with van der Waals surface area (Å²) in [5.41, 5.74) is -0.0719. The quantitative estimate of drug-likeness (QED) is 0.737. The standard InChI is InChI=1S/C10H15N3O/c1-10(2)7(5-8(10)14)13-9-6-11-3-4-12-9/h3-4,6-8,14H,5H2,1-2H3,(H,12,13). The molecule has 1 heterocycles. The van der Waals surface area contributed by atoms with E-state index in [-0.39, 0.29) is 17.6 Å². The van der Waals surface area contributed by atoms with Crippen molar-refractivity contribution < 1.29 is 5.11 Å². The van der Waals surface area contributed by atoms with E-state index in [0.717, 1.165) is 12.2 Å². The van der Waals surface area contributed by atoms with Gasteiger partial charge in [0, 0.05) is 23.9 Å². The minimum Gasteiger partial charge on any atom is -0.392 e. The zero-order valence-corrected chi connectivity index (χ0v) is 8.44. The molecule has 0 amide bonds. The van der Waals surface area contributed by atoms with Gasteiger partial charge in [-0.25, -0.2) is 4.98 Å². The monoisotopic (exact) mass is 193 g/mol. The van der Waals surface area contributed by atoms with Crippen molar-refractivity contribution in [3.8, 4) is 0 Å². The number of anilines is 1. The van der Waals surface area contributed by atoms with E-state index < -0.39 is 0 Å². The maximum atomic E-state index is 9.55. The molecule has 4 nitrogen and oxygen atoms in total. The fourth-order valence-electron chi connectivity index (χ4n) is 1.70. The van der Waals surface area contributed by atoms with Crippen LogP contribution in [0.5, 0.6) is 0 Å². The number of hydrogen-bond donors (Lipinski definition) is 2. The van der Waals surface area contributed by atoms with E-state index in [1.807, 2.05) is 0 Å². The van der Waals surface area contributed by atoms with Crippen LogP contribution in [0.15, 0.2) is 18.6 Å². The van der Waals surface area contributed by atoms with Crippen LogP contribution in [0.1, 0.15) is 20.3 Å². The van der Waals surface area contributed by atoms with Crippen molar-refractivity contribution in [2.45, 2.75) is 32.4 Å². The highest BCUT2D eigenvalue weighted by atomic mass is 16.3. The van der Waals surface area contributed by atoms with E-state index in [2.05, 4.69) is 29.1 Å². The number of aliphatic hydroxyl groups excluding tert-OH is 1. The second kappa shape index (κ2) is 3.20. The van der Waals surface area contributed by atoms with Crippen LogP contribution in [-0.2, 0) is 0 Å². The molecule has 1 fully saturated rings. The Bertz CT molecular complexity index is 312. The van der Waals surface area contributed by atoms with E-state index in [0.29, 0.717) is 0 Å². The van der Waals surface area contributed by atoms with Gasteiger partial charge in [-0.2, -0.15) is 0 Å². The maximum Gasteiger partial charge on any atom is 0.144 e. The molecule has 0 saturated heterocycles. The van der Waals surface area contributed by atoms with Gasteiger partial charge in [-0.1, -0.05) is 13.8 Å². The highest BCUT2D eigenvalue weighted by Crippen LogP contribution is 2.41. The Morgan fingerprint density at radius 1 is 1.50 bits per heavy atom. The van der Waals surface area contributed by atoms with Gasteiger partial charge >= 0.3 is 0 Å². The second-order valence-electron chi connectivity index (χ2n) is 4.36. The Morgan fingerprint density at radius 2 is 2.29 bits per heavy atom. The first-order valence-corrected chi connectivity index (χ1v) is 4.81. The fourth-order valence-corrected chi connectivity index (χ4v) is 1.70. The smallest absolute Gasteiger partial charge is 0.144 e. The predicted octanol–water partition coefficient (Wildman–Crippen LogP) is 1.05. The van der Waals surface area contributed by atoms with E-state index in [9.17, 15) is 5.11 Å². The van der Waals surface area contributed by atoms with Crippen molar-refractivity contribution in [3.63, 3.8) is 0 Å². The summed E-state index contributed by atoms with van der Waals surface area (Å²) in [6.07, 6.45) is 5.57. The fraction of sp³-hybridized carbons (Fsp3) is 0.600. The van der Waals surface area contributed by atoms with Crippen molar-refractivity contribution >= 4 is 5.82 Å². The average molecular weight is 193 g/mol. The van der Waals surface area contributed by atoms with Crippen molar-refractivity contribution in [2.75, 3.05) is 5.32 Å². The Labute approximate surface area is 83.4 Å². The van der Waals surface area contributed by atoms with E-state index in [1.165, 1.54) is 0 Å². The Morgan fingerprint density at radius 3 is 2.79 bits per heavy atom. The second-order valence-corrected chi connectivity index (χ2v) is 4.36. The molecule has 0 aromatic carbocycles. The maximum absolute atomic E-state index is 9.55. The molecule has 0 aliphatic heterocycles. The molecule has 1 aliphatic rings. The van der Waals surface area contributed by atoms with Crippen LogP contribution in [0.25, 0.3) is 0 Å². The first-order valence-electron chi connectivity index (χ1n) is 4.81. The highest BCUT2D eigenvalue weighted by Gasteiger charge is 2.47. The molecule has 2 unspecified atom stereocenters. The van der Waals surface area contributed by atoms with Gasteiger partial charge in [0.15, 0.2) is 0 Å². The topological polar surface area (TPSA) is 58.0 Å². The zero-order chi connectivity index (χ0) is 10.2. The van der Waals surface area contributed by atoms with Crippen molar-refractivity contribution in [1.82, 2.24) is 9.97 Å². The SMILES string of the molecule is CC1(C)C(O)CC1Nc1cnccn1. The molecule has 14 heavy (non-hydrogen) atoms. The van der Waals surface area contributed by atoms with Crippen LogP contribution < -0.4 is 5.32 Å². The molecule has 0 spiro atoms. The van der Waals surface area contributed by atoms with E-state index >= 15 is 0 Å². The molecule has 1 saturated carbocycles. The number of hydrogen-bond acceptors (Lipinski definition) is 4. The van der Waals surface area contributed by atoms with Crippen molar-refractivity contribution in [3.05, 3.63) is 18.6 Å². The third-order valence-electron chi connectivity index (χ3n) is 3.10. The number of nitrogens with zero attached hydrogens (tertiary/aromatic N) is 2. The highest BCUT2D eigenvalue weighted by molar-refractivity contribution is 5.34. The summed E-state index contributed by atoms with van der Waals surface area (Å²) in [6.45, 7) is 4.10. The molecule has 2 rings (SSSR count). The first kappa shape index (κ1) is 9.40. The molecule has 1 aliphatic carbocycles. The van der Waals surface area contributed by atoms with Gasteiger partial charge in [-0.3, -0.25) is 4.98 Å². The predicted molar refractivity (Wildman–Crippen MR) is 53.8 cm³/mol. The molecular formula is C10H15N3O. The summed E-state index contributed by atoms with van der Waals surface area (Å²) < 4.78 is 0. The Balaban J connectivity index is 2.01. The van der Waals surface area contributed by atoms with Crippen LogP contribution in [0.3, 0.4) is 0 Å². The summed E-state index contributed by atoms with van der Waals surface area (Å²) in [5, 5.41) is 12.8. The van der Waals surface area contributed by atoms with E-state index in [4.69, 9.17) is 0 Å². The lowest BCUT2D eigenvalue weighted by Crippen LogP contribution is -2.57. The molecule has 0 bridgehead atoms. The van der Waals surface area contributed by atoms with Gasteiger partial charge in [0.1, 0.15) is 5.82 Å². The number of rotatable bonds is 2. The molecule has 2 N–H and O–H groups in total. The van der Waals surface area contributed by atoms with Gasteiger partial charge in [-0.05, 0) is 6.42 Å². The lowest BCUT2D eigenvalue weighted by Gasteiger charge is -2.49. The summed E-state index contributed by atoms with van der Waals surface area (Å²) in [6, 6.07) is 0.286. The third-order valence-corrected chi connectivity index (χ3v) is 3.10. The minimum atomic E-state index is -0.211. The first-order chi connectivity index (χ1) is 6.60. The largest absolute Gasteiger partial charge is 0.392 e. The van der Waals surface area contributed by atoms with E-state index in [1.54, 1.807) is 18.6 Å². The average Bonchev–Trinajstić information content (AvgIpc) is 2.19. The van der Waals surface area contributed by atoms with Crippen molar-refractivity contribution in [2.24, 2.45) is 5.41 Å². The molecule has 4 heteroatoms. The van der Waals surface area contributed by atoms with Gasteiger partial charge in [0.2, 0.25) is 0 Å². The normalized spacial score (nSPS) is 29.4. The summed E-state index contributed by atoms with van der Waals surface area (Å²) in [7, 11) is 0. The number of aliphatic hydroxyl groups is 1. The summed E-state index contributed by atoms with van der Waals surface area (Å²) in [5.74, 6) is 0.775. The summed E-state index contributed by atoms with van der Waals surface area (Å²) in [4.78, 5) is 8.11. The number of aromatic nitrogens is 2. The van der Waals surface area contributed by atoms with Gasteiger partial charge in [0.25, 0.3) is 0 Å². The lowest BCUT2D eigenvalue weighted by molar-refractivity contribution is -0.0511. The van der Waals surface area contributed by atoms with Crippen LogP contribution >= 0.6 is 0 Å². The van der Waals surface area contributed by atoms with Crippen LogP contribution in [0.2, 0.25) is 0 Å². The third kappa shape index (κ3) is 1.46. The Kier molecular flexibility index (Phi) is 2.15. The van der Waals surface area contributed by atoms with Crippen LogP contribution in [0.4, 0.5) is 5.82 Å². The Hall–Kier alpha value is -1.16. The molecule has 1 aromatic heterocycles. The van der Waals surface area contributed by atoms with Crippen LogP contribution in [-0.4, -0.2) is 27.2 Å². The van der Waals surface area contributed by atoms with Gasteiger partial charge < -0.3 is 10.4 Å². The van der Waals surface area contributed by atoms with Crippen LogP contribution in [0, 0.1) is 5.41 Å². The van der Waals surface area contributed by atoms with Gasteiger partial charge in [-0.15, -0.1) is 0 Å². The van der Waals surface area contributed by atoms with Gasteiger partial charge in [0.05, 0.1) is 12.3 Å². The summed E-state index contributed by atoms with van der Waals surface area (Å²) >= 11 is 0. The molecule has 76 valence electrons. The molecule has 1 aromatic rings. The minimum absolute atomic E-state index is 0.0719. The molecular weight excluding hydrogens is 178 g/mol. The molecule has 0 radical (unpaired) electrons.